The topological polar surface area (TPSA) is 32.5 Å². The number of nitrogens with zero attached hydrogens (tertiary/aromatic N) is 2. The lowest BCUT2D eigenvalue weighted by molar-refractivity contribution is 0.260. The lowest BCUT2D eigenvalue weighted by Gasteiger charge is -2.25. The van der Waals surface area contributed by atoms with Crippen molar-refractivity contribution in [1.29, 1.82) is 0 Å². The van der Waals surface area contributed by atoms with E-state index in [0.717, 1.165) is 29.3 Å². The minimum absolute atomic E-state index is 0.732. The standard InChI is InChI=1S/C14H20BrN3/c15-11-3-4-14(13(16)9-11)18-8-5-12(10-18)17-6-1-2-7-17/h3-4,9,12H,1-2,5-8,10,16H2. The van der Waals surface area contributed by atoms with Crippen LogP contribution < -0.4 is 10.6 Å². The number of anilines is 2. The van der Waals surface area contributed by atoms with Crippen LogP contribution >= 0.6 is 15.9 Å². The van der Waals surface area contributed by atoms with Crippen molar-refractivity contribution >= 4 is 27.3 Å². The minimum atomic E-state index is 0.732. The second-order valence-corrected chi connectivity index (χ2v) is 6.25. The van der Waals surface area contributed by atoms with Crippen molar-refractivity contribution < 1.29 is 0 Å². The summed E-state index contributed by atoms with van der Waals surface area (Å²) in [5.41, 5.74) is 8.19. The van der Waals surface area contributed by atoms with Gasteiger partial charge in [0.05, 0.1) is 11.4 Å². The predicted molar refractivity (Wildman–Crippen MR) is 80.0 cm³/mol. The molecule has 0 aliphatic carbocycles. The lowest BCUT2D eigenvalue weighted by Crippen LogP contribution is -2.35. The molecule has 2 heterocycles. The fraction of sp³-hybridized carbons (Fsp3) is 0.571. The van der Waals surface area contributed by atoms with Crippen molar-refractivity contribution in [2.45, 2.75) is 25.3 Å². The summed E-state index contributed by atoms with van der Waals surface area (Å²) < 4.78 is 1.05. The van der Waals surface area contributed by atoms with Gasteiger partial charge in [-0.05, 0) is 50.6 Å². The number of rotatable bonds is 2. The monoisotopic (exact) mass is 309 g/mol. The molecule has 0 radical (unpaired) electrons. The van der Waals surface area contributed by atoms with Crippen LogP contribution in [0.15, 0.2) is 22.7 Å². The number of nitrogen functional groups attached to an aromatic ring is 1. The zero-order valence-corrected chi connectivity index (χ0v) is 12.2. The van der Waals surface area contributed by atoms with Crippen LogP contribution in [0.2, 0.25) is 0 Å². The molecule has 2 fully saturated rings. The van der Waals surface area contributed by atoms with Gasteiger partial charge in [0.15, 0.2) is 0 Å². The van der Waals surface area contributed by atoms with E-state index in [-0.39, 0.29) is 0 Å². The maximum absolute atomic E-state index is 6.11. The smallest absolute Gasteiger partial charge is 0.0601 e. The number of hydrogen-bond donors (Lipinski definition) is 1. The zero-order chi connectivity index (χ0) is 12.5. The van der Waals surface area contributed by atoms with E-state index in [2.05, 4.69) is 37.9 Å². The van der Waals surface area contributed by atoms with E-state index in [1.54, 1.807) is 0 Å². The highest BCUT2D eigenvalue weighted by Gasteiger charge is 2.29. The SMILES string of the molecule is Nc1cc(Br)ccc1N1CCC(N2CCCC2)C1. The first-order valence-electron chi connectivity index (χ1n) is 6.78. The molecule has 2 aliphatic rings. The average molecular weight is 310 g/mol. The van der Waals surface area contributed by atoms with Gasteiger partial charge in [-0.2, -0.15) is 0 Å². The van der Waals surface area contributed by atoms with Gasteiger partial charge >= 0.3 is 0 Å². The quantitative estimate of drug-likeness (QED) is 0.853. The molecule has 18 heavy (non-hydrogen) atoms. The summed E-state index contributed by atoms with van der Waals surface area (Å²) in [4.78, 5) is 5.08. The second kappa shape index (κ2) is 5.10. The van der Waals surface area contributed by atoms with Crippen LogP contribution in [0.5, 0.6) is 0 Å². The summed E-state index contributed by atoms with van der Waals surface area (Å²) in [7, 11) is 0. The molecule has 0 bridgehead atoms. The van der Waals surface area contributed by atoms with E-state index in [1.165, 1.54) is 38.0 Å². The third-order valence-corrected chi connectivity index (χ3v) is 4.64. The zero-order valence-electron chi connectivity index (χ0n) is 10.6. The van der Waals surface area contributed by atoms with E-state index in [4.69, 9.17) is 5.73 Å². The van der Waals surface area contributed by atoms with Gasteiger partial charge in [-0.25, -0.2) is 0 Å². The molecule has 0 aromatic heterocycles. The molecule has 2 N–H and O–H groups in total. The third-order valence-electron chi connectivity index (χ3n) is 4.15. The summed E-state index contributed by atoms with van der Waals surface area (Å²) in [6, 6.07) is 6.94. The predicted octanol–water partition coefficient (Wildman–Crippen LogP) is 2.71. The van der Waals surface area contributed by atoms with Gasteiger partial charge in [-0.3, -0.25) is 4.90 Å². The van der Waals surface area contributed by atoms with E-state index in [9.17, 15) is 0 Å². The van der Waals surface area contributed by atoms with Gasteiger partial charge < -0.3 is 10.6 Å². The molecule has 4 heteroatoms. The van der Waals surface area contributed by atoms with E-state index in [1.807, 2.05) is 6.07 Å². The van der Waals surface area contributed by atoms with Crippen LogP contribution in [0.3, 0.4) is 0 Å². The van der Waals surface area contributed by atoms with Crippen LogP contribution in [0, 0.1) is 0 Å². The Labute approximate surface area is 117 Å². The Hall–Kier alpha value is -0.740. The van der Waals surface area contributed by atoms with Crippen molar-refractivity contribution in [1.82, 2.24) is 4.90 Å². The molecule has 0 amide bonds. The fourth-order valence-corrected chi connectivity index (χ4v) is 3.56. The summed E-state index contributed by atoms with van der Waals surface area (Å²) in [5.74, 6) is 0. The largest absolute Gasteiger partial charge is 0.397 e. The van der Waals surface area contributed by atoms with Gasteiger partial charge in [0.25, 0.3) is 0 Å². The van der Waals surface area contributed by atoms with Crippen LogP contribution in [-0.4, -0.2) is 37.1 Å². The highest BCUT2D eigenvalue weighted by Crippen LogP contribution is 2.31. The number of hydrogen-bond acceptors (Lipinski definition) is 3. The van der Waals surface area contributed by atoms with Crippen molar-refractivity contribution in [3.8, 4) is 0 Å². The number of benzene rings is 1. The molecule has 98 valence electrons. The first kappa shape index (κ1) is 12.3. The Morgan fingerprint density at radius 1 is 1.17 bits per heavy atom. The van der Waals surface area contributed by atoms with Crippen LogP contribution in [-0.2, 0) is 0 Å². The normalized spacial score (nSPS) is 24.9. The van der Waals surface area contributed by atoms with E-state index in [0.29, 0.717) is 0 Å². The number of nitrogens with two attached hydrogens (primary N) is 1. The molecule has 1 aromatic rings. The summed E-state index contributed by atoms with van der Waals surface area (Å²) in [6.07, 6.45) is 4.02. The maximum atomic E-state index is 6.11. The van der Waals surface area contributed by atoms with Crippen molar-refractivity contribution in [2.75, 3.05) is 36.8 Å². The summed E-state index contributed by atoms with van der Waals surface area (Å²) in [6.45, 7) is 4.83. The highest BCUT2D eigenvalue weighted by molar-refractivity contribution is 9.10. The first-order chi connectivity index (χ1) is 8.74. The highest BCUT2D eigenvalue weighted by atomic mass is 79.9. The van der Waals surface area contributed by atoms with Crippen molar-refractivity contribution in [3.63, 3.8) is 0 Å². The molecule has 0 spiro atoms. The molecule has 3 rings (SSSR count). The Morgan fingerprint density at radius 2 is 1.94 bits per heavy atom. The second-order valence-electron chi connectivity index (χ2n) is 5.33. The Morgan fingerprint density at radius 3 is 2.67 bits per heavy atom. The maximum Gasteiger partial charge on any atom is 0.0601 e. The Balaban J connectivity index is 1.71. The molecule has 3 nitrogen and oxygen atoms in total. The lowest BCUT2D eigenvalue weighted by atomic mass is 10.2. The number of likely N-dealkylation sites (tertiary alicyclic amines) is 1. The first-order valence-corrected chi connectivity index (χ1v) is 7.57. The molecule has 1 unspecified atom stereocenters. The van der Waals surface area contributed by atoms with E-state index >= 15 is 0 Å². The molecule has 1 atom stereocenters. The molecule has 2 saturated heterocycles. The number of halogens is 1. The molecular formula is C14H20BrN3. The van der Waals surface area contributed by atoms with Crippen molar-refractivity contribution in [3.05, 3.63) is 22.7 Å². The van der Waals surface area contributed by atoms with Crippen LogP contribution in [0.1, 0.15) is 19.3 Å². The fourth-order valence-electron chi connectivity index (χ4n) is 3.18. The van der Waals surface area contributed by atoms with Gasteiger partial charge in [0.2, 0.25) is 0 Å². The molecule has 1 aromatic carbocycles. The molecule has 2 aliphatic heterocycles. The van der Waals surface area contributed by atoms with Crippen LogP contribution in [0.25, 0.3) is 0 Å². The Kier molecular flexibility index (Phi) is 3.48. The third kappa shape index (κ3) is 2.36. The van der Waals surface area contributed by atoms with Crippen molar-refractivity contribution in [2.24, 2.45) is 0 Å². The van der Waals surface area contributed by atoms with Gasteiger partial charge in [0.1, 0.15) is 0 Å². The van der Waals surface area contributed by atoms with E-state index < -0.39 is 0 Å². The summed E-state index contributed by atoms with van der Waals surface area (Å²) in [5, 5.41) is 0. The minimum Gasteiger partial charge on any atom is -0.397 e. The summed E-state index contributed by atoms with van der Waals surface area (Å²) >= 11 is 3.46. The van der Waals surface area contributed by atoms with Gasteiger partial charge in [-0.1, -0.05) is 15.9 Å². The Bertz CT molecular complexity index is 429. The average Bonchev–Trinajstić information content (AvgIpc) is 2.99. The van der Waals surface area contributed by atoms with Crippen LogP contribution in [0.4, 0.5) is 11.4 Å². The molecule has 0 saturated carbocycles. The van der Waals surface area contributed by atoms with Gasteiger partial charge in [0, 0.05) is 23.6 Å². The molecular weight excluding hydrogens is 290 g/mol. The van der Waals surface area contributed by atoms with Gasteiger partial charge in [-0.15, -0.1) is 0 Å².